The lowest BCUT2D eigenvalue weighted by molar-refractivity contribution is -0.0295. The second-order valence-corrected chi connectivity index (χ2v) is 12.4. The Hall–Kier alpha value is -6.29. The third kappa shape index (κ3) is 7.50. The van der Waals surface area contributed by atoms with Gasteiger partial charge in [0.2, 0.25) is 11.5 Å². The number of hydrogen-bond acceptors (Lipinski definition) is 9. The van der Waals surface area contributed by atoms with E-state index in [1.54, 1.807) is 36.4 Å². The Bertz CT molecular complexity index is 2050. The van der Waals surface area contributed by atoms with E-state index < -0.39 is 41.3 Å². The van der Waals surface area contributed by atoms with Gasteiger partial charge in [-0.15, -0.1) is 4.73 Å². The van der Waals surface area contributed by atoms with E-state index in [9.17, 15) is 19.8 Å². The number of aromatic nitrogens is 2. The number of benzene rings is 4. The Balaban J connectivity index is 1.17. The van der Waals surface area contributed by atoms with Gasteiger partial charge in [0.25, 0.3) is 11.8 Å². The first-order valence-electron chi connectivity index (χ1n) is 16.9. The van der Waals surface area contributed by atoms with Crippen LogP contribution in [0, 0.1) is 5.92 Å². The Morgan fingerprint density at radius 2 is 1.25 bits per heavy atom. The van der Waals surface area contributed by atoms with Crippen molar-refractivity contribution in [1.82, 2.24) is 9.71 Å². The summed E-state index contributed by atoms with van der Waals surface area (Å²) in [4.78, 5) is 37.3. The van der Waals surface area contributed by atoms with Crippen LogP contribution >= 0.6 is 0 Å². The quantitative estimate of drug-likeness (QED) is 0.130. The lowest BCUT2D eigenvalue weighted by Gasteiger charge is -2.31. The monoisotopic (exact) mass is 684 g/mol. The normalized spacial score (nSPS) is 13.7. The second kappa shape index (κ2) is 15.1. The predicted molar refractivity (Wildman–Crippen MR) is 189 cm³/mol. The molecule has 0 unspecified atom stereocenters. The number of carbonyl (C=O) groups is 2. The molecule has 1 aliphatic rings. The van der Waals surface area contributed by atoms with E-state index in [2.05, 4.69) is 4.98 Å². The van der Waals surface area contributed by atoms with Gasteiger partial charge < -0.3 is 29.3 Å². The van der Waals surface area contributed by atoms with Crippen molar-refractivity contribution in [3.05, 3.63) is 144 Å². The fourth-order valence-electron chi connectivity index (χ4n) is 6.29. The maximum Gasteiger partial charge on any atom is 0.343 e. The lowest BCUT2D eigenvalue weighted by Crippen LogP contribution is -2.26. The van der Waals surface area contributed by atoms with Crippen LogP contribution in [0.15, 0.2) is 121 Å². The van der Waals surface area contributed by atoms with Gasteiger partial charge in [-0.05, 0) is 66.9 Å². The van der Waals surface area contributed by atoms with Crippen LogP contribution in [0.2, 0.25) is 0 Å². The second-order valence-electron chi connectivity index (χ2n) is 12.4. The molecule has 4 aromatic carbocycles. The molecular formula is C41H36N2O8. The van der Waals surface area contributed by atoms with Crippen LogP contribution in [0.1, 0.15) is 70.2 Å². The number of para-hydroxylation sites is 1. The highest BCUT2D eigenvalue weighted by atomic mass is 16.7. The summed E-state index contributed by atoms with van der Waals surface area (Å²) in [7, 11) is 0. The standard InChI is InChI=1S/C41H36N2O8/c44-38-36(49-40(46)30-15-6-2-7-16-30)37(50-41(47)31-17-8-3-9-18-31)39(45)43(38)51-35(28-13-4-1-5-14-28)29-21-24-33(25-22-29)48-26-32-23-20-27-12-10-11-19-34(27)42-32/h2-3,6-12,15-25,28,35,44-45H,1,4-5,13-14,26H2/t35-/m1/s1. The summed E-state index contributed by atoms with van der Waals surface area (Å²) in [6.07, 6.45) is 4.15. The first kappa shape index (κ1) is 33.2. The summed E-state index contributed by atoms with van der Waals surface area (Å²) < 4.78 is 17.9. The van der Waals surface area contributed by atoms with E-state index in [4.69, 9.17) is 19.0 Å². The van der Waals surface area contributed by atoms with Gasteiger partial charge >= 0.3 is 11.9 Å². The average molecular weight is 685 g/mol. The molecule has 2 heterocycles. The Kier molecular flexibility index (Phi) is 9.82. The van der Waals surface area contributed by atoms with Crippen molar-refractivity contribution in [2.45, 2.75) is 44.8 Å². The SMILES string of the molecule is O=C(Oc1c(OC(=O)c2ccccc2)c(O)n(O[C@@H](c2ccc(OCc3ccc4ccccc4n3)cc2)C2CCCCC2)c1O)c1ccccc1. The van der Waals surface area contributed by atoms with Gasteiger partial charge in [-0.3, -0.25) is 0 Å². The Morgan fingerprint density at radius 1 is 0.686 bits per heavy atom. The number of fused-ring (bicyclic) bond motifs is 1. The van der Waals surface area contributed by atoms with E-state index in [0.717, 1.165) is 59.0 Å². The van der Waals surface area contributed by atoms with Crippen LogP contribution in [0.25, 0.3) is 10.9 Å². The van der Waals surface area contributed by atoms with Crippen molar-refractivity contribution in [1.29, 1.82) is 0 Å². The summed E-state index contributed by atoms with van der Waals surface area (Å²) in [6, 6.07) is 35.6. The number of pyridine rings is 1. The zero-order valence-electron chi connectivity index (χ0n) is 27.7. The molecule has 1 atom stereocenters. The van der Waals surface area contributed by atoms with Crippen LogP contribution in [0.3, 0.4) is 0 Å². The molecule has 0 saturated heterocycles. The minimum atomic E-state index is -0.835. The number of aromatic hydroxyl groups is 2. The minimum absolute atomic E-state index is 0.0270. The minimum Gasteiger partial charge on any atom is -0.490 e. The molecule has 10 nitrogen and oxygen atoms in total. The molecule has 7 rings (SSSR count). The number of hydrogen-bond donors (Lipinski definition) is 2. The molecule has 2 aromatic heterocycles. The molecule has 10 heteroatoms. The predicted octanol–water partition coefficient (Wildman–Crippen LogP) is 8.22. The van der Waals surface area contributed by atoms with Gasteiger partial charge in [0, 0.05) is 11.3 Å². The lowest BCUT2D eigenvalue weighted by atomic mass is 9.83. The zero-order chi connectivity index (χ0) is 35.2. The summed E-state index contributed by atoms with van der Waals surface area (Å²) in [5, 5.41) is 23.9. The molecule has 0 aliphatic heterocycles. The summed E-state index contributed by atoms with van der Waals surface area (Å²) in [5.74, 6) is -3.60. The van der Waals surface area contributed by atoms with Crippen LogP contribution in [-0.4, -0.2) is 31.9 Å². The third-order valence-electron chi connectivity index (χ3n) is 8.95. The average Bonchev–Trinajstić information content (AvgIpc) is 3.40. The molecule has 0 bridgehead atoms. The summed E-state index contributed by atoms with van der Waals surface area (Å²) in [5.41, 5.74) is 2.84. The van der Waals surface area contributed by atoms with Crippen molar-refractivity contribution >= 4 is 22.8 Å². The topological polar surface area (TPSA) is 129 Å². The Morgan fingerprint density at radius 3 is 1.86 bits per heavy atom. The molecule has 0 radical (unpaired) electrons. The highest BCUT2D eigenvalue weighted by Crippen LogP contribution is 2.49. The van der Waals surface area contributed by atoms with Gasteiger partial charge in [0.15, 0.2) is 6.10 Å². The smallest absolute Gasteiger partial charge is 0.343 e. The maximum absolute atomic E-state index is 13.1. The first-order valence-corrected chi connectivity index (χ1v) is 16.9. The molecule has 1 aliphatic carbocycles. The number of nitrogens with zero attached hydrogens (tertiary/aromatic N) is 2. The molecule has 1 saturated carbocycles. The van der Waals surface area contributed by atoms with Crippen LogP contribution in [-0.2, 0) is 6.61 Å². The number of esters is 2. The van der Waals surface area contributed by atoms with Crippen LogP contribution in [0.5, 0.6) is 29.0 Å². The molecular weight excluding hydrogens is 648 g/mol. The summed E-state index contributed by atoms with van der Waals surface area (Å²) in [6.45, 7) is 0.285. The van der Waals surface area contributed by atoms with Crippen LogP contribution in [0.4, 0.5) is 0 Å². The number of ether oxygens (including phenoxy) is 3. The molecule has 2 N–H and O–H groups in total. The molecule has 0 spiro atoms. The maximum atomic E-state index is 13.1. The van der Waals surface area contributed by atoms with E-state index in [-0.39, 0.29) is 23.7 Å². The van der Waals surface area contributed by atoms with E-state index in [0.29, 0.717) is 5.75 Å². The Labute approximate surface area is 294 Å². The first-order chi connectivity index (χ1) is 24.9. The molecule has 6 aromatic rings. The van der Waals surface area contributed by atoms with Gasteiger partial charge in [0.05, 0.1) is 22.3 Å². The van der Waals surface area contributed by atoms with E-state index in [1.165, 1.54) is 24.3 Å². The van der Waals surface area contributed by atoms with E-state index in [1.807, 2.05) is 60.7 Å². The van der Waals surface area contributed by atoms with Gasteiger partial charge in [-0.2, -0.15) is 0 Å². The van der Waals surface area contributed by atoms with Crippen molar-refractivity contribution in [3.8, 4) is 29.0 Å². The largest absolute Gasteiger partial charge is 0.490 e. The number of carbonyl (C=O) groups excluding carboxylic acids is 2. The van der Waals surface area contributed by atoms with Crippen molar-refractivity contribution in [2.24, 2.45) is 5.92 Å². The van der Waals surface area contributed by atoms with Crippen molar-refractivity contribution in [2.75, 3.05) is 0 Å². The highest BCUT2D eigenvalue weighted by Gasteiger charge is 2.35. The third-order valence-corrected chi connectivity index (χ3v) is 8.95. The van der Waals surface area contributed by atoms with E-state index >= 15 is 0 Å². The zero-order valence-corrected chi connectivity index (χ0v) is 27.7. The highest BCUT2D eigenvalue weighted by molar-refractivity contribution is 5.94. The summed E-state index contributed by atoms with van der Waals surface area (Å²) >= 11 is 0. The molecule has 0 amide bonds. The van der Waals surface area contributed by atoms with Crippen LogP contribution < -0.4 is 19.0 Å². The fraction of sp³-hybridized carbons (Fsp3) is 0.195. The van der Waals surface area contributed by atoms with Gasteiger partial charge in [-0.1, -0.05) is 92.1 Å². The fourth-order valence-corrected chi connectivity index (χ4v) is 6.29. The van der Waals surface area contributed by atoms with Crippen molar-refractivity contribution < 1.29 is 38.9 Å². The van der Waals surface area contributed by atoms with Crippen molar-refractivity contribution in [3.63, 3.8) is 0 Å². The van der Waals surface area contributed by atoms with Gasteiger partial charge in [0.1, 0.15) is 12.4 Å². The van der Waals surface area contributed by atoms with Gasteiger partial charge in [-0.25, -0.2) is 14.6 Å². The molecule has 1 fully saturated rings. The molecule has 258 valence electrons. The molecule has 51 heavy (non-hydrogen) atoms. The number of rotatable bonds is 11.